The molecule has 0 aliphatic heterocycles. The molecule has 18 heavy (non-hydrogen) atoms. The second-order valence-corrected chi connectivity index (χ2v) is 4.24. The molecule has 2 heterocycles. The Bertz CT molecular complexity index is 636. The molecule has 0 aliphatic carbocycles. The van der Waals surface area contributed by atoms with Crippen molar-refractivity contribution in [3.63, 3.8) is 0 Å². The first kappa shape index (κ1) is 12.4. The normalized spacial score (nSPS) is 11.9. The summed E-state index contributed by atoms with van der Waals surface area (Å²) >= 11 is 6.30. The summed E-state index contributed by atoms with van der Waals surface area (Å²) in [5.41, 5.74) is 1.92. The van der Waals surface area contributed by atoms with Crippen molar-refractivity contribution in [2.75, 3.05) is 0 Å². The molecule has 2 aromatic rings. The molecule has 90 valence electrons. The van der Waals surface area contributed by atoms with Crippen LogP contribution in [0.25, 0.3) is 10.6 Å². The van der Waals surface area contributed by atoms with Gasteiger partial charge >= 0.3 is 0 Å². The number of halogens is 1. The fraction of sp³-hybridized carbons (Fsp3) is 0.143. The summed E-state index contributed by atoms with van der Waals surface area (Å²) in [5, 5.41) is 9.67. The molecule has 0 fully saturated rings. The first-order valence-corrected chi connectivity index (χ1v) is 5.79. The average Bonchev–Trinajstić information content (AvgIpc) is 2.70. The van der Waals surface area contributed by atoms with Gasteiger partial charge in [-0.05, 0) is 37.6 Å². The maximum Gasteiger partial charge on any atom is 0.109 e. The topological polar surface area (TPSA) is 49.8 Å². The second-order valence-electron chi connectivity index (χ2n) is 3.86. The van der Waals surface area contributed by atoms with Gasteiger partial charge in [-0.2, -0.15) is 5.26 Å². The van der Waals surface area contributed by atoms with E-state index in [9.17, 15) is 5.26 Å². The van der Waals surface area contributed by atoms with Crippen LogP contribution >= 0.6 is 11.6 Å². The van der Waals surface area contributed by atoms with E-state index < -0.39 is 0 Å². The van der Waals surface area contributed by atoms with Crippen LogP contribution in [0, 0.1) is 25.2 Å². The fourth-order valence-corrected chi connectivity index (χ4v) is 2.08. The van der Waals surface area contributed by atoms with Crippen molar-refractivity contribution >= 4 is 22.2 Å². The van der Waals surface area contributed by atoms with Gasteiger partial charge in [-0.25, -0.2) is 0 Å². The van der Waals surface area contributed by atoms with Crippen LogP contribution in [-0.2, 0) is 0 Å². The van der Waals surface area contributed by atoms with Crippen LogP contribution in [0.1, 0.15) is 22.6 Å². The number of furan rings is 1. The highest BCUT2D eigenvalue weighted by Gasteiger charge is 2.14. The fourth-order valence-electron chi connectivity index (χ4n) is 1.74. The number of hydrogen-bond acceptors (Lipinski definition) is 3. The van der Waals surface area contributed by atoms with Crippen molar-refractivity contribution in [3.05, 3.63) is 53.2 Å². The van der Waals surface area contributed by atoms with E-state index in [0.29, 0.717) is 16.4 Å². The number of nitrogens with zero attached hydrogens (tertiary/aromatic N) is 2. The lowest BCUT2D eigenvalue weighted by Crippen LogP contribution is -1.86. The van der Waals surface area contributed by atoms with E-state index in [1.807, 2.05) is 19.9 Å². The lowest BCUT2D eigenvalue weighted by atomic mass is 10.1. The highest BCUT2D eigenvalue weighted by Crippen LogP contribution is 2.32. The Balaban J connectivity index is 2.58. The molecule has 4 heteroatoms. The summed E-state index contributed by atoms with van der Waals surface area (Å²) in [6.07, 6.45) is 3.26. The summed E-state index contributed by atoms with van der Waals surface area (Å²) in [6, 6.07) is 7.47. The molecule has 0 amide bonds. The van der Waals surface area contributed by atoms with E-state index in [-0.39, 0.29) is 0 Å². The zero-order valence-corrected chi connectivity index (χ0v) is 10.8. The second kappa shape index (κ2) is 5.07. The zero-order chi connectivity index (χ0) is 13.1. The SMILES string of the molecule is Cc1cc(/C(Cl)=C(/C#N)c2ccncc2)c(C)o1. The number of allylic oxidation sites excluding steroid dienone is 1. The molecule has 2 rings (SSSR count). The monoisotopic (exact) mass is 258 g/mol. The van der Waals surface area contributed by atoms with E-state index in [1.54, 1.807) is 24.5 Å². The number of aromatic nitrogens is 1. The van der Waals surface area contributed by atoms with Crippen molar-refractivity contribution in [2.45, 2.75) is 13.8 Å². The van der Waals surface area contributed by atoms with Crippen molar-refractivity contribution in [1.82, 2.24) is 4.98 Å². The smallest absolute Gasteiger partial charge is 0.109 e. The maximum absolute atomic E-state index is 9.27. The highest BCUT2D eigenvalue weighted by atomic mass is 35.5. The largest absolute Gasteiger partial charge is 0.466 e. The maximum atomic E-state index is 9.27. The molecule has 0 radical (unpaired) electrons. The Morgan fingerprint density at radius 3 is 2.50 bits per heavy atom. The summed E-state index contributed by atoms with van der Waals surface area (Å²) in [4.78, 5) is 3.92. The molecular weight excluding hydrogens is 248 g/mol. The van der Waals surface area contributed by atoms with Crippen LogP contribution in [0.4, 0.5) is 0 Å². The van der Waals surface area contributed by atoms with E-state index >= 15 is 0 Å². The minimum atomic E-state index is 0.401. The summed E-state index contributed by atoms with van der Waals surface area (Å²) in [7, 11) is 0. The zero-order valence-electron chi connectivity index (χ0n) is 10.1. The molecule has 3 nitrogen and oxygen atoms in total. The lowest BCUT2D eigenvalue weighted by Gasteiger charge is -2.02. The molecule has 0 atom stereocenters. The van der Waals surface area contributed by atoms with Crippen molar-refractivity contribution in [1.29, 1.82) is 5.26 Å². The van der Waals surface area contributed by atoms with E-state index in [4.69, 9.17) is 16.0 Å². The number of rotatable bonds is 2. The third-order valence-electron chi connectivity index (χ3n) is 2.58. The van der Waals surface area contributed by atoms with Crippen molar-refractivity contribution in [2.24, 2.45) is 0 Å². The molecule has 0 unspecified atom stereocenters. The van der Waals surface area contributed by atoms with Gasteiger partial charge in [0.2, 0.25) is 0 Å². The number of aryl methyl sites for hydroxylation is 2. The van der Waals surface area contributed by atoms with Gasteiger partial charge in [-0.3, -0.25) is 4.98 Å². The standard InChI is InChI=1S/C14H11ClN2O/c1-9-7-12(10(2)18-9)14(15)13(8-16)11-3-5-17-6-4-11/h3-7H,1-2H3/b14-13+. The summed E-state index contributed by atoms with van der Waals surface area (Å²) in [5.74, 6) is 1.48. The van der Waals surface area contributed by atoms with E-state index in [0.717, 1.165) is 16.9 Å². The molecule has 0 aliphatic rings. The molecular formula is C14H11ClN2O. The quantitative estimate of drug-likeness (QED) is 0.767. The first-order chi connectivity index (χ1) is 8.63. The summed E-state index contributed by atoms with van der Waals surface area (Å²) in [6.45, 7) is 3.67. The van der Waals surface area contributed by atoms with Crippen molar-refractivity contribution < 1.29 is 4.42 Å². The Hall–Kier alpha value is -2.05. The summed E-state index contributed by atoms with van der Waals surface area (Å²) < 4.78 is 5.43. The van der Waals surface area contributed by atoms with Crippen LogP contribution in [0.5, 0.6) is 0 Å². The number of nitriles is 1. The number of hydrogen-bond donors (Lipinski definition) is 0. The Morgan fingerprint density at radius 1 is 1.33 bits per heavy atom. The first-order valence-electron chi connectivity index (χ1n) is 5.41. The Morgan fingerprint density at radius 2 is 2.00 bits per heavy atom. The average molecular weight is 259 g/mol. The van der Waals surface area contributed by atoms with Gasteiger partial charge in [0.1, 0.15) is 17.6 Å². The minimum absolute atomic E-state index is 0.401. The van der Waals surface area contributed by atoms with Crippen molar-refractivity contribution in [3.8, 4) is 6.07 Å². The minimum Gasteiger partial charge on any atom is -0.466 e. The van der Waals surface area contributed by atoms with Crippen LogP contribution in [0.3, 0.4) is 0 Å². The molecule has 0 aromatic carbocycles. The van der Waals surface area contributed by atoms with Gasteiger partial charge in [-0.1, -0.05) is 11.6 Å². The van der Waals surface area contributed by atoms with Crippen LogP contribution in [0.15, 0.2) is 35.0 Å². The van der Waals surface area contributed by atoms with Gasteiger partial charge in [-0.15, -0.1) is 0 Å². The van der Waals surface area contributed by atoms with Gasteiger partial charge in [0, 0.05) is 18.0 Å². The van der Waals surface area contributed by atoms with Gasteiger partial charge in [0.15, 0.2) is 0 Å². The molecule has 0 bridgehead atoms. The number of pyridine rings is 1. The van der Waals surface area contributed by atoms with E-state index in [2.05, 4.69) is 11.1 Å². The molecule has 0 saturated heterocycles. The van der Waals surface area contributed by atoms with Crippen LogP contribution in [-0.4, -0.2) is 4.98 Å². The van der Waals surface area contributed by atoms with Crippen LogP contribution < -0.4 is 0 Å². The Labute approximate surface area is 110 Å². The van der Waals surface area contributed by atoms with Gasteiger partial charge < -0.3 is 4.42 Å². The third kappa shape index (κ3) is 2.29. The molecule has 0 spiro atoms. The van der Waals surface area contributed by atoms with Gasteiger partial charge in [0.05, 0.1) is 10.6 Å². The van der Waals surface area contributed by atoms with Gasteiger partial charge in [0.25, 0.3) is 0 Å². The van der Waals surface area contributed by atoms with E-state index in [1.165, 1.54) is 0 Å². The van der Waals surface area contributed by atoms with Crippen LogP contribution in [0.2, 0.25) is 0 Å². The molecule has 2 aromatic heterocycles. The molecule has 0 N–H and O–H groups in total. The predicted molar refractivity (Wildman–Crippen MR) is 70.7 cm³/mol. The highest BCUT2D eigenvalue weighted by molar-refractivity contribution is 6.53. The predicted octanol–water partition coefficient (Wildman–Crippen LogP) is 3.92. The Kier molecular flexibility index (Phi) is 3.50. The third-order valence-corrected chi connectivity index (χ3v) is 2.97. The lowest BCUT2D eigenvalue weighted by molar-refractivity contribution is 0.504. The molecule has 0 saturated carbocycles.